The summed E-state index contributed by atoms with van der Waals surface area (Å²) in [5.41, 5.74) is 0. The minimum Gasteiger partial charge on any atom is -0.363 e. The van der Waals surface area contributed by atoms with Crippen LogP contribution in [-0.4, -0.2) is 33.4 Å². The topological polar surface area (TPSA) is 41.1 Å². The highest BCUT2D eigenvalue weighted by atomic mass is 32.2. The van der Waals surface area contributed by atoms with Gasteiger partial charge in [-0.15, -0.1) is 0 Å². The Bertz CT molecular complexity index is 198. The van der Waals surface area contributed by atoms with Crippen molar-refractivity contribution in [2.24, 2.45) is 0 Å². The van der Waals surface area contributed by atoms with Gasteiger partial charge in [0.05, 0.1) is 0 Å². The normalized spacial score (nSPS) is 28.1. The fourth-order valence-electron chi connectivity index (χ4n) is 1.34. The van der Waals surface area contributed by atoms with Crippen LogP contribution in [0.3, 0.4) is 0 Å². The molecule has 0 aliphatic carbocycles. The van der Waals surface area contributed by atoms with Gasteiger partial charge >= 0.3 is 0 Å². The Morgan fingerprint density at radius 1 is 1.54 bits per heavy atom. The Morgan fingerprint density at radius 3 is 2.69 bits per heavy atom. The summed E-state index contributed by atoms with van der Waals surface area (Å²) in [6, 6.07) is 0.421. The number of rotatable bonds is 2. The molecule has 0 aromatic rings. The van der Waals surface area contributed by atoms with Gasteiger partial charge in [-0.1, -0.05) is 0 Å². The highest BCUT2D eigenvalue weighted by molar-refractivity contribution is 7.85. The SMILES string of the molecule is CCNC(=S)NC1CCS(=O)CC1. The zero-order valence-electron chi connectivity index (χ0n) is 7.84. The molecule has 0 atom stereocenters. The van der Waals surface area contributed by atoms with Crippen LogP contribution in [0.4, 0.5) is 0 Å². The molecule has 0 aromatic carbocycles. The molecule has 0 saturated carbocycles. The molecular formula is C8H16N2OS2. The molecule has 1 fully saturated rings. The summed E-state index contributed by atoms with van der Waals surface area (Å²) in [5.74, 6) is 1.62. The van der Waals surface area contributed by atoms with Crippen molar-refractivity contribution in [1.29, 1.82) is 0 Å². The van der Waals surface area contributed by atoms with Crippen LogP contribution < -0.4 is 10.6 Å². The van der Waals surface area contributed by atoms with Crippen molar-refractivity contribution in [2.75, 3.05) is 18.1 Å². The first-order valence-electron chi connectivity index (χ1n) is 4.61. The van der Waals surface area contributed by atoms with E-state index in [1.807, 2.05) is 6.92 Å². The Kier molecular flexibility index (Phi) is 4.66. The largest absolute Gasteiger partial charge is 0.363 e. The lowest BCUT2D eigenvalue weighted by Crippen LogP contribution is -2.44. The van der Waals surface area contributed by atoms with Gasteiger partial charge in [0.2, 0.25) is 0 Å². The van der Waals surface area contributed by atoms with Crippen LogP contribution in [0.1, 0.15) is 19.8 Å². The van der Waals surface area contributed by atoms with E-state index in [0.717, 1.165) is 36.0 Å². The van der Waals surface area contributed by atoms with Crippen LogP contribution in [0.25, 0.3) is 0 Å². The van der Waals surface area contributed by atoms with Gasteiger partial charge in [-0.05, 0) is 32.0 Å². The average molecular weight is 220 g/mol. The molecule has 0 amide bonds. The molecule has 2 N–H and O–H groups in total. The van der Waals surface area contributed by atoms with Crippen LogP contribution in [0, 0.1) is 0 Å². The Hall–Kier alpha value is -0.160. The van der Waals surface area contributed by atoms with Crippen LogP contribution in [-0.2, 0) is 10.8 Å². The zero-order valence-corrected chi connectivity index (χ0v) is 9.47. The standard InChI is InChI=1S/C8H16N2OS2/c1-2-9-8(12)10-7-3-5-13(11)6-4-7/h7H,2-6H2,1H3,(H2,9,10,12). The maximum Gasteiger partial charge on any atom is 0.166 e. The monoisotopic (exact) mass is 220 g/mol. The molecule has 5 heteroatoms. The average Bonchev–Trinajstić information content (AvgIpc) is 2.09. The molecule has 0 bridgehead atoms. The molecule has 0 radical (unpaired) electrons. The van der Waals surface area contributed by atoms with E-state index in [-0.39, 0.29) is 0 Å². The van der Waals surface area contributed by atoms with Gasteiger partial charge in [-0.3, -0.25) is 4.21 Å². The first-order valence-corrected chi connectivity index (χ1v) is 6.51. The van der Waals surface area contributed by atoms with Gasteiger partial charge in [-0.2, -0.15) is 0 Å². The van der Waals surface area contributed by atoms with Gasteiger partial charge < -0.3 is 10.6 Å². The molecule has 1 heterocycles. The van der Waals surface area contributed by atoms with Crippen molar-refractivity contribution in [3.8, 4) is 0 Å². The molecule has 1 aliphatic rings. The number of hydrogen-bond acceptors (Lipinski definition) is 2. The summed E-state index contributed by atoms with van der Waals surface area (Å²) in [4.78, 5) is 0. The first-order chi connectivity index (χ1) is 6.22. The van der Waals surface area contributed by atoms with Crippen molar-refractivity contribution in [3.05, 3.63) is 0 Å². The van der Waals surface area contributed by atoms with E-state index in [9.17, 15) is 4.21 Å². The lowest BCUT2D eigenvalue weighted by atomic mass is 10.2. The van der Waals surface area contributed by atoms with Gasteiger partial charge in [0.25, 0.3) is 0 Å². The van der Waals surface area contributed by atoms with Crippen LogP contribution in [0.15, 0.2) is 0 Å². The summed E-state index contributed by atoms with van der Waals surface area (Å²) < 4.78 is 11.1. The van der Waals surface area contributed by atoms with Gasteiger partial charge in [0, 0.05) is 34.9 Å². The van der Waals surface area contributed by atoms with E-state index >= 15 is 0 Å². The molecule has 0 unspecified atom stereocenters. The Labute approximate surface area is 87.1 Å². The molecule has 0 aromatic heterocycles. The second kappa shape index (κ2) is 5.54. The van der Waals surface area contributed by atoms with E-state index in [1.165, 1.54) is 0 Å². The van der Waals surface area contributed by atoms with E-state index in [0.29, 0.717) is 6.04 Å². The summed E-state index contributed by atoms with van der Waals surface area (Å²) in [7, 11) is -0.583. The van der Waals surface area contributed by atoms with Crippen molar-refractivity contribution < 1.29 is 4.21 Å². The summed E-state index contributed by atoms with van der Waals surface area (Å²) in [5, 5.41) is 7.00. The first kappa shape index (κ1) is 10.9. The van der Waals surface area contributed by atoms with Crippen LogP contribution in [0.2, 0.25) is 0 Å². The molecule has 1 rings (SSSR count). The maximum absolute atomic E-state index is 11.1. The van der Waals surface area contributed by atoms with E-state index in [4.69, 9.17) is 12.2 Å². The lowest BCUT2D eigenvalue weighted by Gasteiger charge is -2.23. The summed E-state index contributed by atoms with van der Waals surface area (Å²) in [6.45, 7) is 2.87. The second-order valence-corrected chi connectivity index (χ2v) is 5.23. The predicted octanol–water partition coefficient (Wildman–Crippen LogP) is 0.381. The fraction of sp³-hybridized carbons (Fsp3) is 0.875. The van der Waals surface area contributed by atoms with E-state index in [2.05, 4.69) is 10.6 Å². The van der Waals surface area contributed by atoms with Gasteiger partial charge in [0.15, 0.2) is 5.11 Å². The Morgan fingerprint density at radius 2 is 2.15 bits per heavy atom. The van der Waals surface area contributed by atoms with E-state index < -0.39 is 10.8 Å². The minimum absolute atomic E-state index is 0.421. The molecule has 13 heavy (non-hydrogen) atoms. The number of hydrogen-bond donors (Lipinski definition) is 2. The predicted molar refractivity (Wildman–Crippen MR) is 60.3 cm³/mol. The van der Waals surface area contributed by atoms with Crippen LogP contribution in [0.5, 0.6) is 0 Å². The lowest BCUT2D eigenvalue weighted by molar-refractivity contribution is 0.547. The highest BCUT2D eigenvalue weighted by Crippen LogP contribution is 2.08. The fourth-order valence-corrected chi connectivity index (χ4v) is 2.95. The van der Waals surface area contributed by atoms with Crippen molar-refractivity contribution >= 4 is 28.1 Å². The maximum atomic E-state index is 11.1. The third-order valence-corrected chi connectivity index (χ3v) is 3.70. The number of thiocarbonyl (C=S) groups is 1. The molecule has 0 spiro atoms. The summed E-state index contributed by atoms with van der Waals surface area (Å²) in [6.07, 6.45) is 1.94. The molecule has 76 valence electrons. The zero-order chi connectivity index (χ0) is 9.68. The quantitative estimate of drug-likeness (QED) is 0.660. The second-order valence-electron chi connectivity index (χ2n) is 3.13. The minimum atomic E-state index is -0.583. The third kappa shape index (κ3) is 4.04. The molecule has 1 saturated heterocycles. The highest BCUT2D eigenvalue weighted by Gasteiger charge is 2.17. The van der Waals surface area contributed by atoms with E-state index in [1.54, 1.807) is 0 Å². The van der Waals surface area contributed by atoms with Gasteiger partial charge in [0.1, 0.15) is 0 Å². The summed E-state index contributed by atoms with van der Waals surface area (Å²) >= 11 is 5.07. The molecular weight excluding hydrogens is 204 g/mol. The molecule has 1 aliphatic heterocycles. The van der Waals surface area contributed by atoms with Crippen LogP contribution >= 0.6 is 12.2 Å². The van der Waals surface area contributed by atoms with Crippen molar-refractivity contribution in [1.82, 2.24) is 10.6 Å². The van der Waals surface area contributed by atoms with Gasteiger partial charge in [-0.25, -0.2) is 0 Å². The van der Waals surface area contributed by atoms with Crippen molar-refractivity contribution in [3.63, 3.8) is 0 Å². The Balaban J connectivity index is 2.22. The molecule has 3 nitrogen and oxygen atoms in total. The number of nitrogens with one attached hydrogen (secondary N) is 2. The third-order valence-electron chi connectivity index (χ3n) is 2.06. The smallest absolute Gasteiger partial charge is 0.166 e. The van der Waals surface area contributed by atoms with Crippen molar-refractivity contribution in [2.45, 2.75) is 25.8 Å².